The van der Waals surface area contributed by atoms with Crippen LogP contribution in [-0.4, -0.2) is 186 Å². The summed E-state index contributed by atoms with van der Waals surface area (Å²) in [6.07, 6.45) is 10.2. The Balaban J connectivity index is 0.000000630. The van der Waals surface area contributed by atoms with Gasteiger partial charge in [-0.15, -0.1) is 0 Å². The first kappa shape index (κ1) is 92.1. The molecule has 564 valence electrons. The maximum absolute atomic E-state index is 13.4. The van der Waals surface area contributed by atoms with E-state index in [0.717, 1.165) is 12.8 Å². The molecule has 0 radical (unpaired) electrons. The normalized spacial score (nSPS) is 23.6. The molecule has 4 N–H and O–H groups in total. The molecule has 4 fully saturated rings. The minimum atomic E-state index is -3.67. The van der Waals surface area contributed by atoms with Crippen molar-refractivity contribution in [2.24, 2.45) is 0 Å². The Morgan fingerprint density at radius 2 is 0.479 bits per heavy atom. The first-order valence-corrected chi connectivity index (χ1v) is 41.2. The van der Waals surface area contributed by atoms with E-state index in [1.165, 1.54) is 32.1 Å². The van der Waals surface area contributed by atoms with Gasteiger partial charge in [0, 0.05) is 95.7 Å². The van der Waals surface area contributed by atoms with E-state index >= 15 is 0 Å². The minimum Gasteiger partial charge on any atom is -0.377 e. The summed E-state index contributed by atoms with van der Waals surface area (Å²) in [6.45, 7) is 55.6. The largest absolute Gasteiger partial charge is 0.377 e. The second kappa shape index (κ2) is 37.0. The van der Waals surface area contributed by atoms with Crippen LogP contribution in [0, 0.1) is 0 Å². The molecule has 0 bridgehead atoms. The highest BCUT2D eigenvalue weighted by molar-refractivity contribution is 7.56. The fraction of sp³-hybridized carbons (Fsp3) is 1.00. The predicted molar refractivity (Wildman–Crippen MR) is 374 cm³/mol. The van der Waals surface area contributed by atoms with Gasteiger partial charge in [0.05, 0.1) is 79.8 Å². The molecule has 0 amide bonds. The van der Waals surface area contributed by atoms with Crippen LogP contribution in [0.1, 0.15) is 283 Å². The van der Waals surface area contributed by atoms with Gasteiger partial charge >= 0.3 is 30.4 Å². The van der Waals surface area contributed by atoms with Gasteiger partial charge in [0.2, 0.25) is 0 Å². The standard InChI is InChI=1S/C21H44NO5P.C16H34NO5P.C15H32NO5P.C14H30NO5P/c1-8-11-12-13-14-15-16-25-22-19(4,5)17-21(23,18-20(22,6)7)28(24,26-9-2)27-10-3;1-8-11-20-17-14(4,5)12-16(18,13-15(17,6)7)23(19,21-9-2)22-10-3;1-8-19-16-13(4,5)11-15(17,12-14(16,6)7)22(18,20-9-2)21-10-3;1-8-19-21(17,20-9-2)14(16)10-12(3,4)15(18-7)13(5,6)11-14/h23H,8-18H2,1-7H3;18H,8-13H2,1-7H3;17H,8-12H2,1-7H3;16H,8-11H2,1-7H3. The molecule has 0 unspecified atom stereocenters. The number of unbranched alkanes of at least 4 members (excludes halogenated alkanes) is 5. The number of nitrogens with zero attached hydrogens (tertiary/aromatic N) is 4. The van der Waals surface area contributed by atoms with Gasteiger partial charge in [-0.2, -0.15) is 20.3 Å². The van der Waals surface area contributed by atoms with E-state index < -0.39 is 96.1 Å². The van der Waals surface area contributed by atoms with Gasteiger partial charge in [-0.3, -0.25) is 32.8 Å². The summed E-state index contributed by atoms with van der Waals surface area (Å²) >= 11 is 0. The highest BCUT2D eigenvalue weighted by atomic mass is 31.2. The molecule has 0 aliphatic carbocycles. The average molecular weight is 1430 g/mol. The van der Waals surface area contributed by atoms with E-state index in [1.54, 1.807) is 62.5 Å². The van der Waals surface area contributed by atoms with Crippen molar-refractivity contribution in [1.29, 1.82) is 0 Å². The van der Waals surface area contributed by atoms with Crippen LogP contribution in [0.25, 0.3) is 0 Å². The zero-order valence-electron chi connectivity index (χ0n) is 64.3. The molecule has 94 heavy (non-hydrogen) atoms. The van der Waals surface area contributed by atoms with Gasteiger partial charge in [0.15, 0.2) is 21.4 Å². The Labute approximate surface area is 571 Å². The molecule has 24 nitrogen and oxygen atoms in total. The SMILES string of the molecule is CCCCCCCCON1C(C)(C)CC(O)(P(=O)(OCC)OCC)CC1(C)C.CCCON1C(C)(C)CC(O)(P(=O)(OCC)OCC)CC1(C)C.CCON1C(C)(C)CC(O)(P(=O)(OCC)OCC)CC1(C)C.CCOP(=O)(OCC)C1(O)CC(C)(C)N(OC)C(C)(C)C1. The first-order valence-electron chi connectivity index (χ1n) is 35.0. The summed E-state index contributed by atoms with van der Waals surface area (Å²) in [4.78, 5) is 23.4. The Hall–Kier alpha value is 0.120. The summed E-state index contributed by atoms with van der Waals surface area (Å²) in [7, 11) is -13.0. The van der Waals surface area contributed by atoms with Crippen LogP contribution in [0.4, 0.5) is 0 Å². The quantitative estimate of drug-likeness (QED) is 0.0344. The molecule has 0 spiro atoms. The van der Waals surface area contributed by atoms with Crippen molar-refractivity contribution < 1.29 is 94.2 Å². The molecular formula is C66H140N4O20P4. The second-order valence-electron chi connectivity index (χ2n) is 30.4. The van der Waals surface area contributed by atoms with Crippen LogP contribution in [0.5, 0.6) is 0 Å². The lowest BCUT2D eigenvalue weighted by atomic mass is 9.80. The zero-order chi connectivity index (χ0) is 73.2. The Bertz CT molecular complexity index is 2320. The van der Waals surface area contributed by atoms with Crippen LogP contribution in [0.15, 0.2) is 0 Å². The fourth-order valence-corrected chi connectivity index (χ4v) is 25.4. The van der Waals surface area contributed by atoms with Crippen LogP contribution in [-0.2, 0) is 73.8 Å². The maximum Gasteiger partial charge on any atom is 0.362 e. The fourth-order valence-electron chi connectivity index (χ4n) is 15.8. The Kier molecular flexibility index (Phi) is 36.3. The van der Waals surface area contributed by atoms with E-state index in [9.17, 15) is 38.7 Å². The lowest BCUT2D eigenvalue weighted by Crippen LogP contribution is -2.65. The van der Waals surface area contributed by atoms with Gasteiger partial charge in [-0.1, -0.05) is 46.0 Å². The van der Waals surface area contributed by atoms with Crippen LogP contribution in [0.3, 0.4) is 0 Å². The average Bonchev–Trinajstić information content (AvgIpc) is 0.757. The van der Waals surface area contributed by atoms with Crippen LogP contribution in [0.2, 0.25) is 0 Å². The van der Waals surface area contributed by atoms with Crippen molar-refractivity contribution in [3.05, 3.63) is 0 Å². The van der Waals surface area contributed by atoms with Gasteiger partial charge in [-0.05, 0) is 186 Å². The number of piperidine rings is 4. The topological polar surface area (TPSA) is 273 Å². The highest BCUT2D eigenvalue weighted by Gasteiger charge is 2.66. The molecule has 28 heteroatoms. The van der Waals surface area contributed by atoms with Crippen molar-refractivity contribution in [2.45, 2.75) is 349 Å². The Morgan fingerprint density at radius 1 is 0.277 bits per heavy atom. The maximum atomic E-state index is 13.4. The van der Waals surface area contributed by atoms with E-state index in [2.05, 4.69) is 13.8 Å². The summed E-state index contributed by atoms with van der Waals surface area (Å²) in [5.41, 5.74) is -4.05. The minimum absolute atomic E-state index is 0.231. The van der Waals surface area contributed by atoms with Crippen molar-refractivity contribution in [3.63, 3.8) is 0 Å². The molecular weight excluding hydrogens is 1290 g/mol. The predicted octanol–water partition coefficient (Wildman–Crippen LogP) is 16.5. The smallest absolute Gasteiger partial charge is 0.362 e. The number of rotatable bonds is 34. The molecule has 0 atom stereocenters. The van der Waals surface area contributed by atoms with Crippen molar-refractivity contribution in [2.75, 3.05) is 79.8 Å². The van der Waals surface area contributed by atoms with Gasteiger partial charge in [-0.25, -0.2) is 0 Å². The molecule has 0 aromatic carbocycles. The Morgan fingerprint density at radius 3 is 0.681 bits per heavy atom. The zero-order valence-corrected chi connectivity index (χ0v) is 67.9. The molecule has 0 saturated carbocycles. The van der Waals surface area contributed by atoms with Crippen molar-refractivity contribution >= 4 is 30.4 Å². The second-order valence-corrected chi connectivity index (χ2v) is 39.8. The number of hydroxylamine groups is 8. The van der Waals surface area contributed by atoms with E-state index in [1.807, 2.05) is 138 Å². The molecule has 4 heterocycles. The van der Waals surface area contributed by atoms with E-state index in [4.69, 9.17) is 55.5 Å². The van der Waals surface area contributed by atoms with Crippen molar-refractivity contribution in [3.8, 4) is 0 Å². The van der Waals surface area contributed by atoms with E-state index in [0.29, 0.717) is 19.8 Å². The van der Waals surface area contributed by atoms with Gasteiger partial charge in [0.1, 0.15) is 0 Å². The molecule has 4 rings (SSSR count). The van der Waals surface area contributed by atoms with E-state index in [-0.39, 0.29) is 104 Å². The lowest BCUT2D eigenvalue weighted by Gasteiger charge is -2.57. The van der Waals surface area contributed by atoms with Crippen LogP contribution < -0.4 is 0 Å². The molecule has 0 aromatic rings. The third-order valence-corrected chi connectivity index (χ3v) is 27.3. The molecule has 4 aliphatic heterocycles. The summed E-state index contributed by atoms with van der Waals surface area (Å²) in [5, 5.41) is 46.6. The number of aliphatic hydroxyl groups is 4. The molecule has 4 saturated heterocycles. The third-order valence-electron chi connectivity index (χ3n) is 17.1. The number of hydrogen-bond donors (Lipinski definition) is 4. The monoisotopic (exact) mass is 1430 g/mol. The first-order chi connectivity index (χ1) is 42.9. The molecule has 4 aliphatic rings. The summed E-state index contributed by atoms with van der Waals surface area (Å²) < 4.78 is 96.4. The summed E-state index contributed by atoms with van der Waals surface area (Å²) in [6, 6.07) is 0. The number of hydrogen-bond acceptors (Lipinski definition) is 24. The van der Waals surface area contributed by atoms with Crippen molar-refractivity contribution in [1.82, 2.24) is 20.3 Å². The highest BCUT2D eigenvalue weighted by Crippen LogP contribution is 2.70. The summed E-state index contributed by atoms with van der Waals surface area (Å²) in [5.74, 6) is 0. The molecule has 0 aromatic heterocycles. The van der Waals surface area contributed by atoms with Crippen LogP contribution >= 0.6 is 30.4 Å². The van der Waals surface area contributed by atoms with Gasteiger partial charge < -0.3 is 61.5 Å². The van der Waals surface area contributed by atoms with Gasteiger partial charge in [0.25, 0.3) is 0 Å². The lowest BCUT2D eigenvalue weighted by molar-refractivity contribution is -0.298. The third kappa shape index (κ3) is 23.1.